The minimum absolute atomic E-state index is 0.0659. The SMILES string of the molecule is COc1ccc(N2C(N)=C(C#N)C(c3cc(C)cc(COc4ccccc4Br)c3C)C3=C2CCCC3=O)c([N+](=O)[O-])c1. The van der Waals surface area contributed by atoms with Gasteiger partial charge in [0.05, 0.1) is 40.1 Å². The predicted octanol–water partition coefficient (Wildman–Crippen LogP) is 6.87. The molecule has 0 saturated heterocycles. The van der Waals surface area contributed by atoms with E-state index in [1.54, 1.807) is 6.07 Å². The Morgan fingerprint density at radius 2 is 1.93 bits per heavy atom. The van der Waals surface area contributed by atoms with Gasteiger partial charge in [0.1, 0.15) is 29.6 Å². The Morgan fingerprint density at radius 1 is 1.17 bits per heavy atom. The first-order valence-corrected chi connectivity index (χ1v) is 14.2. The van der Waals surface area contributed by atoms with Crippen LogP contribution in [0.25, 0.3) is 0 Å². The van der Waals surface area contributed by atoms with Crippen LogP contribution in [0.3, 0.4) is 0 Å². The van der Waals surface area contributed by atoms with Crippen molar-refractivity contribution in [3.8, 4) is 17.6 Å². The Hall–Kier alpha value is -4.62. The number of allylic oxidation sites excluding steroid dienone is 3. The zero-order valence-corrected chi connectivity index (χ0v) is 25.0. The number of anilines is 1. The highest BCUT2D eigenvalue weighted by atomic mass is 79.9. The maximum atomic E-state index is 13.7. The molecule has 0 fully saturated rings. The molecule has 214 valence electrons. The molecule has 3 aromatic carbocycles. The number of halogens is 1. The number of para-hydroxylation sites is 1. The highest BCUT2D eigenvalue weighted by molar-refractivity contribution is 9.10. The number of rotatable bonds is 7. The molecule has 10 heteroatoms. The van der Waals surface area contributed by atoms with Crippen LogP contribution in [0.1, 0.15) is 47.4 Å². The molecule has 0 amide bonds. The summed E-state index contributed by atoms with van der Waals surface area (Å²) in [5.41, 5.74) is 11.4. The summed E-state index contributed by atoms with van der Waals surface area (Å²) in [4.78, 5) is 26.8. The van der Waals surface area contributed by atoms with Gasteiger partial charge in [0.25, 0.3) is 5.69 Å². The molecule has 1 aliphatic carbocycles. The molecule has 9 nitrogen and oxygen atoms in total. The Morgan fingerprint density at radius 3 is 2.62 bits per heavy atom. The molecule has 0 saturated carbocycles. The third-order valence-corrected chi connectivity index (χ3v) is 8.42. The minimum atomic E-state index is -0.714. The van der Waals surface area contributed by atoms with E-state index in [-0.39, 0.29) is 35.2 Å². The minimum Gasteiger partial charge on any atom is -0.496 e. The number of hydrogen-bond acceptors (Lipinski definition) is 8. The van der Waals surface area contributed by atoms with E-state index >= 15 is 0 Å². The topological polar surface area (TPSA) is 132 Å². The summed E-state index contributed by atoms with van der Waals surface area (Å²) in [5, 5.41) is 22.6. The van der Waals surface area contributed by atoms with Crippen molar-refractivity contribution < 1.29 is 19.2 Å². The molecule has 0 radical (unpaired) electrons. The lowest BCUT2D eigenvalue weighted by molar-refractivity contribution is -0.384. The van der Waals surface area contributed by atoms with Crippen LogP contribution < -0.4 is 20.1 Å². The van der Waals surface area contributed by atoms with Crippen molar-refractivity contribution in [1.82, 2.24) is 0 Å². The molecular weight excluding hydrogens is 600 g/mol. The molecule has 0 spiro atoms. The number of ether oxygens (including phenoxy) is 2. The van der Waals surface area contributed by atoms with Gasteiger partial charge in [0, 0.05) is 17.7 Å². The van der Waals surface area contributed by atoms with Crippen LogP contribution >= 0.6 is 15.9 Å². The number of benzene rings is 3. The summed E-state index contributed by atoms with van der Waals surface area (Å²) in [6.07, 6.45) is 1.36. The van der Waals surface area contributed by atoms with Crippen LogP contribution in [0.5, 0.6) is 11.5 Å². The number of nitro benzene ring substituents is 1. The van der Waals surface area contributed by atoms with Crippen LogP contribution in [0, 0.1) is 35.3 Å². The molecule has 5 rings (SSSR count). The summed E-state index contributed by atoms with van der Waals surface area (Å²) >= 11 is 3.52. The third-order valence-electron chi connectivity index (χ3n) is 7.76. The number of carbonyl (C=O) groups is 1. The van der Waals surface area contributed by atoms with Crippen molar-refractivity contribution in [1.29, 1.82) is 5.26 Å². The number of Topliss-reactive ketones (excluding diaryl/α,β-unsaturated/α-hetero) is 1. The number of hydrogen-bond donors (Lipinski definition) is 1. The van der Waals surface area contributed by atoms with Crippen LogP contribution in [-0.2, 0) is 11.4 Å². The zero-order chi connectivity index (χ0) is 30.1. The molecule has 3 aromatic rings. The third kappa shape index (κ3) is 5.12. The maximum Gasteiger partial charge on any atom is 0.296 e. The molecule has 0 bridgehead atoms. The number of ketones is 1. The van der Waals surface area contributed by atoms with Gasteiger partial charge in [-0.3, -0.25) is 19.8 Å². The average Bonchev–Trinajstić information content (AvgIpc) is 2.97. The second-order valence-corrected chi connectivity index (χ2v) is 11.1. The fraction of sp³-hybridized carbons (Fsp3) is 0.250. The van der Waals surface area contributed by atoms with Crippen molar-refractivity contribution >= 4 is 33.1 Å². The first-order valence-electron chi connectivity index (χ1n) is 13.4. The second-order valence-electron chi connectivity index (χ2n) is 10.3. The number of carbonyl (C=O) groups excluding carboxylic acids is 1. The van der Waals surface area contributed by atoms with E-state index in [0.29, 0.717) is 42.0 Å². The van der Waals surface area contributed by atoms with E-state index in [4.69, 9.17) is 15.2 Å². The molecule has 2 N–H and O–H groups in total. The van der Waals surface area contributed by atoms with Gasteiger partial charge in [0.15, 0.2) is 5.78 Å². The second kappa shape index (κ2) is 11.7. The number of nitro groups is 1. The van der Waals surface area contributed by atoms with Gasteiger partial charge >= 0.3 is 0 Å². The number of aryl methyl sites for hydroxylation is 1. The van der Waals surface area contributed by atoms with Gasteiger partial charge in [-0.1, -0.05) is 29.8 Å². The highest BCUT2D eigenvalue weighted by Crippen LogP contribution is 2.49. The highest BCUT2D eigenvalue weighted by Gasteiger charge is 2.42. The van der Waals surface area contributed by atoms with E-state index in [1.165, 1.54) is 24.1 Å². The zero-order valence-electron chi connectivity index (χ0n) is 23.4. The Balaban J connectivity index is 1.68. The smallest absolute Gasteiger partial charge is 0.296 e. The Kier molecular flexibility index (Phi) is 8.05. The van der Waals surface area contributed by atoms with Crippen molar-refractivity contribution in [2.45, 2.75) is 45.6 Å². The molecule has 2 aliphatic rings. The fourth-order valence-electron chi connectivity index (χ4n) is 5.77. The maximum absolute atomic E-state index is 13.7. The van der Waals surface area contributed by atoms with Gasteiger partial charge in [-0.15, -0.1) is 0 Å². The average molecular weight is 630 g/mol. The summed E-state index contributed by atoms with van der Waals surface area (Å²) < 4.78 is 12.2. The van der Waals surface area contributed by atoms with E-state index < -0.39 is 10.8 Å². The van der Waals surface area contributed by atoms with Crippen LogP contribution in [0.4, 0.5) is 11.4 Å². The van der Waals surface area contributed by atoms with E-state index in [9.17, 15) is 20.2 Å². The van der Waals surface area contributed by atoms with Crippen LogP contribution in [0.15, 0.2) is 81.7 Å². The standard InChI is InChI=1S/C32H29BrN4O5/c1-18-13-20(17-42-29-10-5-4-7-24(29)33)19(2)22(14-18)30-23(16-34)32(35)36(26-8-6-9-28(38)31(26)30)25-12-11-21(41-3)15-27(25)37(39)40/h4-5,7,10-15,30H,6,8-9,17,35H2,1-3H3. The normalized spacial score (nSPS) is 16.7. The molecule has 1 heterocycles. The van der Waals surface area contributed by atoms with Gasteiger partial charge < -0.3 is 15.2 Å². The Bertz CT molecular complexity index is 1720. The number of methoxy groups -OCH3 is 1. The van der Waals surface area contributed by atoms with Crippen molar-refractivity contribution in [3.05, 3.63) is 114 Å². The summed E-state index contributed by atoms with van der Waals surface area (Å²) in [7, 11) is 1.43. The van der Waals surface area contributed by atoms with Crippen LogP contribution in [0.2, 0.25) is 0 Å². The summed E-state index contributed by atoms with van der Waals surface area (Å²) in [5.74, 6) is 0.257. The summed E-state index contributed by atoms with van der Waals surface area (Å²) in [6, 6.07) is 18.3. The lowest BCUT2D eigenvalue weighted by Crippen LogP contribution is -2.39. The summed E-state index contributed by atoms with van der Waals surface area (Å²) in [6.45, 7) is 4.19. The van der Waals surface area contributed by atoms with E-state index in [0.717, 1.165) is 26.7 Å². The Labute approximate surface area is 252 Å². The lowest BCUT2D eigenvalue weighted by atomic mass is 9.73. The number of nitrogens with zero attached hydrogens (tertiary/aromatic N) is 3. The number of nitrogens with two attached hydrogens (primary N) is 1. The molecule has 1 unspecified atom stereocenters. The molecule has 1 aliphatic heterocycles. The first-order chi connectivity index (χ1) is 20.2. The molecule has 1 atom stereocenters. The van der Waals surface area contributed by atoms with Crippen molar-refractivity contribution in [3.63, 3.8) is 0 Å². The largest absolute Gasteiger partial charge is 0.496 e. The van der Waals surface area contributed by atoms with Crippen LogP contribution in [-0.4, -0.2) is 17.8 Å². The van der Waals surface area contributed by atoms with E-state index in [1.807, 2.05) is 50.2 Å². The fourth-order valence-corrected chi connectivity index (χ4v) is 6.17. The van der Waals surface area contributed by atoms with Gasteiger partial charge in [-0.2, -0.15) is 5.26 Å². The van der Waals surface area contributed by atoms with Gasteiger partial charge in [-0.25, -0.2) is 0 Å². The number of nitriles is 1. The first kappa shape index (κ1) is 28.9. The van der Waals surface area contributed by atoms with Gasteiger partial charge in [0.2, 0.25) is 0 Å². The monoisotopic (exact) mass is 628 g/mol. The quantitative estimate of drug-likeness (QED) is 0.221. The molecular formula is C32H29BrN4O5. The predicted molar refractivity (Wildman–Crippen MR) is 162 cm³/mol. The lowest BCUT2D eigenvalue weighted by Gasteiger charge is -2.40. The van der Waals surface area contributed by atoms with Gasteiger partial charge in [-0.05, 0) is 83.6 Å². The molecule has 42 heavy (non-hydrogen) atoms. The van der Waals surface area contributed by atoms with Crippen molar-refractivity contribution in [2.75, 3.05) is 12.0 Å². The van der Waals surface area contributed by atoms with Crippen molar-refractivity contribution in [2.24, 2.45) is 5.73 Å². The molecule has 0 aromatic heterocycles. The van der Waals surface area contributed by atoms with E-state index in [2.05, 4.69) is 22.0 Å².